The minimum absolute atomic E-state index is 0.0967. The van der Waals surface area contributed by atoms with Crippen LogP contribution in [0.25, 0.3) is 0 Å². The van der Waals surface area contributed by atoms with Crippen LogP contribution in [0.2, 0.25) is 0 Å². The lowest BCUT2D eigenvalue weighted by Gasteiger charge is -2.03. The number of nitrogens with zero attached hydrogens (tertiary/aromatic N) is 3. The first-order valence-corrected chi connectivity index (χ1v) is 4.63. The third-order valence-corrected chi connectivity index (χ3v) is 1.86. The van der Waals surface area contributed by atoms with E-state index in [1.54, 1.807) is 18.2 Å². The van der Waals surface area contributed by atoms with E-state index in [0.29, 0.717) is 11.3 Å². The molecule has 0 amide bonds. The number of nitrogens with one attached hydrogen (secondary N) is 1. The smallest absolute Gasteiger partial charge is 0.145 e. The Kier molecular flexibility index (Phi) is 4.25. The van der Waals surface area contributed by atoms with Crippen molar-refractivity contribution in [2.75, 3.05) is 5.32 Å². The molecular weight excluding hydrogens is 219 g/mol. The van der Waals surface area contributed by atoms with Gasteiger partial charge in [-0.15, -0.1) is 0 Å². The second-order valence-corrected chi connectivity index (χ2v) is 3.11. The molecule has 1 rings (SSSR count). The van der Waals surface area contributed by atoms with E-state index in [2.05, 4.69) is 5.32 Å². The summed E-state index contributed by atoms with van der Waals surface area (Å²) >= 11 is 0. The number of anilines is 1. The third kappa shape index (κ3) is 3.66. The Morgan fingerprint density at radius 1 is 1.24 bits per heavy atom. The van der Waals surface area contributed by atoms with E-state index in [1.165, 1.54) is 18.3 Å². The number of nitriles is 3. The molecule has 0 aliphatic carbocycles. The number of hydrogen-bond donors (Lipinski definition) is 1. The van der Waals surface area contributed by atoms with Gasteiger partial charge >= 0.3 is 0 Å². The largest absolute Gasteiger partial charge is 0.360 e. The molecule has 0 atom stereocenters. The van der Waals surface area contributed by atoms with Crippen LogP contribution in [0.5, 0.6) is 0 Å². The first-order chi connectivity index (χ1) is 8.19. The lowest BCUT2D eigenvalue weighted by molar-refractivity contribution is 0.627. The Labute approximate surface area is 97.8 Å². The van der Waals surface area contributed by atoms with Gasteiger partial charge in [0.1, 0.15) is 23.5 Å². The number of allylic oxidation sites excluding steroid dienone is 1. The Morgan fingerprint density at radius 2 is 1.94 bits per heavy atom. The molecule has 5 heteroatoms. The molecule has 0 bridgehead atoms. The number of hydrogen-bond acceptors (Lipinski definition) is 4. The quantitative estimate of drug-likeness (QED) is 0.801. The molecule has 0 aromatic heterocycles. The van der Waals surface area contributed by atoms with E-state index in [9.17, 15) is 4.39 Å². The van der Waals surface area contributed by atoms with Crippen molar-refractivity contribution < 1.29 is 4.39 Å². The van der Waals surface area contributed by atoms with E-state index in [0.717, 1.165) is 0 Å². The molecule has 0 saturated heterocycles. The second kappa shape index (κ2) is 5.90. The van der Waals surface area contributed by atoms with E-state index >= 15 is 0 Å². The van der Waals surface area contributed by atoms with E-state index in [4.69, 9.17) is 15.8 Å². The van der Waals surface area contributed by atoms with E-state index in [-0.39, 0.29) is 12.0 Å². The Morgan fingerprint density at radius 3 is 2.53 bits per heavy atom. The topological polar surface area (TPSA) is 83.4 Å². The van der Waals surface area contributed by atoms with Gasteiger partial charge in [-0.3, -0.25) is 0 Å². The molecule has 1 N–H and O–H groups in total. The van der Waals surface area contributed by atoms with Crippen LogP contribution in [-0.4, -0.2) is 0 Å². The van der Waals surface area contributed by atoms with Gasteiger partial charge in [-0.25, -0.2) is 4.39 Å². The molecule has 0 aliphatic heterocycles. The molecule has 0 fully saturated rings. The highest BCUT2D eigenvalue weighted by molar-refractivity contribution is 5.51. The van der Waals surface area contributed by atoms with Crippen LogP contribution < -0.4 is 5.32 Å². The molecule has 82 valence electrons. The maximum absolute atomic E-state index is 13.1. The maximum atomic E-state index is 13.1. The molecule has 1 aromatic rings. The van der Waals surface area contributed by atoms with Gasteiger partial charge in [-0.05, 0) is 23.8 Å². The van der Waals surface area contributed by atoms with Gasteiger partial charge in [-0.2, -0.15) is 15.8 Å². The highest BCUT2D eigenvalue weighted by atomic mass is 19.1. The highest BCUT2D eigenvalue weighted by Crippen LogP contribution is 2.14. The van der Waals surface area contributed by atoms with Crippen LogP contribution >= 0.6 is 0 Å². The number of halogens is 1. The summed E-state index contributed by atoms with van der Waals surface area (Å²) in [5.41, 5.74) is 0.799. The van der Waals surface area contributed by atoms with E-state index < -0.39 is 5.82 Å². The third-order valence-electron chi connectivity index (χ3n) is 1.86. The zero-order valence-corrected chi connectivity index (χ0v) is 8.74. The van der Waals surface area contributed by atoms with Crippen LogP contribution in [0.1, 0.15) is 5.56 Å². The lowest BCUT2D eigenvalue weighted by atomic mass is 10.1. The summed E-state index contributed by atoms with van der Waals surface area (Å²) in [5, 5.41) is 28.1. The van der Waals surface area contributed by atoms with Crippen LogP contribution in [-0.2, 0) is 6.42 Å². The molecule has 0 aliphatic rings. The molecule has 4 nitrogen and oxygen atoms in total. The zero-order valence-electron chi connectivity index (χ0n) is 8.74. The summed E-state index contributed by atoms with van der Waals surface area (Å²) in [6, 6.07) is 9.29. The fourth-order valence-electron chi connectivity index (χ4n) is 1.17. The maximum Gasteiger partial charge on any atom is 0.145 e. The van der Waals surface area contributed by atoms with Crippen molar-refractivity contribution in [3.63, 3.8) is 0 Å². The molecule has 0 heterocycles. The summed E-state index contributed by atoms with van der Waals surface area (Å²) in [6.45, 7) is 0. The van der Waals surface area contributed by atoms with Crippen molar-refractivity contribution in [3.05, 3.63) is 41.4 Å². The van der Waals surface area contributed by atoms with Gasteiger partial charge < -0.3 is 5.32 Å². The molecule has 17 heavy (non-hydrogen) atoms. The van der Waals surface area contributed by atoms with Crippen LogP contribution in [0, 0.1) is 39.8 Å². The molecule has 1 aromatic carbocycles. The normalized spacial score (nSPS) is 8.35. The lowest BCUT2D eigenvalue weighted by Crippen LogP contribution is -1.93. The Bertz CT molecular complexity index is 554. The molecule has 0 saturated carbocycles. The summed E-state index contributed by atoms with van der Waals surface area (Å²) in [7, 11) is 0. The van der Waals surface area contributed by atoms with Crippen LogP contribution in [0.15, 0.2) is 30.0 Å². The predicted molar refractivity (Wildman–Crippen MR) is 58.6 cm³/mol. The van der Waals surface area contributed by atoms with E-state index in [1.807, 2.05) is 6.07 Å². The average Bonchev–Trinajstić information content (AvgIpc) is 2.30. The molecule has 0 radical (unpaired) electrons. The Balaban J connectivity index is 2.94. The summed E-state index contributed by atoms with van der Waals surface area (Å²) < 4.78 is 13.1. The predicted octanol–water partition coefficient (Wildman–Crippen LogP) is 2.23. The molecule has 0 spiro atoms. The minimum atomic E-state index is -0.482. The van der Waals surface area contributed by atoms with Gasteiger partial charge in [0.15, 0.2) is 0 Å². The monoisotopic (exact) mass is 226 g/mol. The SMILES string of the molecule is N#CCc1cc(F)cc(NC=C(C#N)C#N)c1. The van der Waals surface area contributed by atoms with Crippen molar-refractivity contribution in [1.29, 1.82) is 15.8 Å². The summed E-state index contributed by atoms with van der Waals surface area (Å²) in [6.07, 6.45) is 1.28. The highest BCUT2D eigenvalue weighted by Gasteiger charge is 2.00. The zero-order chi connectivity index (χ0) is 12.7. The van der Waals surface area contributed by atoms with Gasteiger partial charge in [0, 0.05) is 11.9 Å². The summed E-state index contributed by atoms with van der Waals surface area (Å²) in [4.78, 5) is 0. The first-order valence-electron chi connectivity index (χ1n) is 4.63. The average molecular weight is 226 g/mol. The van der Waals surface area contributed by atoms with Crippen molar-refractivity contribution in [1.82, 2.24) is 0 Å². The van der Waals surface area contributed by atoms with Crippen molar-refractivity contribution in [3.8, 4) is 18.2 Å². The van der Waals surface area contributed by atoms with Gasteiger partial charge in [0.05, 0.1) is 12.5 Å². The summed E-state index contributed by atoms with van der Waals surface area (Å²) in [5.74, 6) is -0.482. The Hall–Kier alpha value is -2.84. The van der Waals surface area contributed by atoms with Crippen molar-refractivity contribution >= 4 is 5.69 Å². The fraction of sp³-hybridized carbons (Fsp3) is 0.0833. The molecular formula is C12H7FN4. The van der Waals surface area contributed by atoms with Gasteiger partial charge in [0.25, 0.3) is 0 Å². The van der Waals surface area contributed by atoms with Crippen molar-refractivity contribution in [2.45, 2.75) is 6.42 Å². The van der Waals surface area contributed by atoms with Gasteiger partial charge in [-0.1, -0.05) is 0 Å². The first kappa shape index (κ1) is 12.2. The molecule has 0 unspecified atom stereocenters. The van der Waals surface area contributed by atoms with Crippen LogP contribution in [0.3, 0.4) is 0 Å². The minimum Gasteiger partial charge on any atom is -0.360 e. The van der Waals surface area contributed by atoms with Crippen LogP contribution in [0.4, 0.5) is 10.1 Å². The second-order valence-electron chi connectivity index (χ2n) is 3.11. The number of benzene rings is 1. The van der Waals surface area contributed by atoms with Crippen molar-refractivity contribution in [2.24, 2.45) is 0 Å². The van der Waals surface area contributed by atoms with Gasteiger partial charge in [0.2, 0.25) is 0 Å². The number of rotatable bonds is 3. The standard InChI is InChI=1S/C12H7FN4/c13-11-3-9(1-2-14)4-12(5-11)17-8-10(6-15)7-16/h3-5,8,17H,1H2. The fourth-order valence-corrected chi connectivity index (χ4v) is 1.17.